The van der Waals surface area contributed by atoms with Crippen LogP contribution in [-0.2, 0) is 10.0 Å². The van der Waals surface area contributed by atoms with Gasteiger partial charge in [-0.25, -0.2) is 8.42 Å². The molecule has 2 aliphatic rings. The summed E-state index contributed by atoms with van der Waals surface area (Å²) in [6.07, 6.45) is 0.675. The van der Waals surface area contributed by atoms with Crippen molar-refractivity contribution < 1.29 is 13.5 Å². The Morgan fingerprint density at radius 2 is 1.82 bits per heavy atom. The van der Waals surface area contributed by atoms with Crippen LogP contribution in [0.25, 0.3) is 11.1 Å². The summed E-state index contributed by atoms with van der Waals surface area (Å²) >= 11 is 0. The molecule has 33 heavy (non-hydrogen) atoms. The maximum Gasteiger partial charge on any atom is 0.243 e. The van der Waals surface area contributed by atoms with Gasteiger partial charge in [0.05, 0.1) is 35.2 Å². The quantitative estimate of drug-likeness (QED) is 0.613. The molecule has 2 heterocycles. The number of nitriles is 1. The number of sulfonamides is 1. The van der Waals surface area contributed by atoms with Crippen molar-refractivity contribution in [3.05, 3.63) is 83.4 Å². The molecule has 3 aromatic carbocycles. The van der Waals surface area contributed by atoms with Gasteiger partial charge in [0, 0.05) is 18.2 Å². The number of benzene rings is 3. The first-order valence-corrected chi connectivity index (χ1v) is 12.5. The van der Waals surface area contributed by atoms with Crippen molar-refractivity contribution >= 4 is 15.7 Å². The summed E-state index contributed by atoms with van der Waals surface area (Å²) in [7, 11) is -3.71. The fourth-order valence-electron chi connectivity index (χ4n) is 5.18. The van der Waals surface area contributed by atoms with Crippen molar-refractivity contribution in [1.82, 2.24) is 4.31 Å². The molecule has 0 radical (unpaired) electrons. The van der Waals surface area contributed by atoms with Crippen LogP contribution in [-0.4, -0.2) is 37.0 Å². The molecule has 2 N–H and O–H groups in total. The molecule has 3 aromatic rings. The molecule has 6 nitrogen and oxygen atoms in total. The second kappa shape index (κ2) is 8.31. The van der Waals surface area contributed by atoms with Crippen LogP contribution in [0, 0.1) is 24.2 Å². The van der Waals surface area contributed by atoms with Crippen LogP contribution in [0.5, 0.6) is 0 Å². The third-order valence-electron chi connectivity index (χ3n) is 6.85. The van der Waals surface area contributed by atoms with Crippen molar-refractivity contribution in [2.24, 2.45) is 5.92 Å². The summed E-state index contributed by atoms with van der Waals surface area (Å²) in [5.74, 6) is -0.0301. The maximum atomic E-state index is 13.8. The third kappa shape index (κ3) is 3.61. The molecule has 0 aromatic heterocycles. The average Bonchev–Trinajstić information content (AvgIpc) is 3.30. The highest BCUT2D eigenvalue weighted by Gasteiger charge is 2.48. The van der Waals surface area contributed by atoms with Crippen LogP contribution in [0.15, 0.2) is 71.6 Å². The number of aryl methyl sites for hydroxylation is 1. The van der Waals surface area contributed by atoms with Gasteiger partial charge in [-0.2, -0.15) is 9.57 Å². The summed E-state index contributed by atoms with van der Waals surface area (Å²) in [5.41, 5.74) is 5.00. The Morgan fingerprint density at radius 1 is 1.09 bits per heavy atom. The van der Waals surface area contributed by atoms with Crippen molar-refractivity contribution in [3.8, 4) is 17.2 Å². The molecule has 0 unspecified atom stereocenters. The number of anilines is 1. The number of fused-ring (bicyclic) bond motifs is 3. The molecular weight excluding hydrogens is 434 g/mol. The van der Waals surface area contributed by atoms with Crippen LogP contribution < -0.4 is 5.32 Å². The molecule has 0 bridgehead atoms. The smallest absolute Gasteiger partial charge is 0.243 e. The summed E-state index contributed by atoms with van der Waals surface area (Å²) in [6.45, 7) is 2.16. The first-order valence-electron chi connectivity index (χ1n) is 11.0. The van der Waals surface area contributed by atoms with E-state index in [1.807, 2.05) is 49.4 Å². The van der Waals surface area contributed by atoms with Crippen molar-refractivity contribution in [3.63, 3.8) is 0 Å². The summed E-state index contributed by atoms with van der Waals surface area (Å²) in [5, 5.41) is 22.5. The molecular formula is C26H25N3O3S. The number of nitrogens with one attached hydrogen (secondary N) is 1. The molecule has 0 aliphatic carbocycles. The Kier molecular flexibility index (Phi) is 5.45. The molecule has 168 valence electrons. The van der Waals surface area contributed by atoms with E-state index in [4.69, 9.17) is 5.26 Å². The maximum absolute atomic E-state index is 13.8. The minimum atomic E-state index is -3.71. The van der Waals surface area contributed by atoms with Gasteiger partial charge in [0.1, 0.15) is 0 Å². The first kappa shape index (κ1) is 21.7. The highest BCUT2D eigenvalue weighted by atomic mass is 32.2. The van der Waals surface area contributed by atoms with E-state index in [1.165, 1.54) is 0 Å². The lowest BCUT2D eigenvalue weighted by molar-refractivity contribution is 0.210. The predicted molar refractivity (Wildman–Crippen MR) is 127 cm³/mol. The van der Waals surface area contributed by atoms with Gasteiger partial charge in [-0.1, -0.05) is 36.4 Å². The Morgan fingerprint density at radius 3 is 2.52 bits per heavy atom. The molecule has 1 fully saturated rings. The average molecular weight is 460 g/mol. The lowest BCUT2D eigenvalue weighted by Gasteiger charge is -2.39. The fraction of sp³-hybridized carbons (Fsp3) is 0.269. The molecule has 3 atom stereocenters. The zero-order valence-electron chi connectivity index (χ0n) is 18.3. The lowest BCUT2D eigenvalue weighted by Crippen LogP contribution is -2.42. The predicted octanol–water partition coefficient (Wildman–Crippen LogP) is 4.07. The SMILES string of the molecule is Cc1ccccc1S(=O)(=O)N1CC[C@@H]2[C@@H](CO)Nc3ccc(-c4ccc(C#N)cc4)cc3[C@@H]21. The van der Waals surface area contributed by atoms with Crippen molar-refractivity contribution in [1.29, 1.82) is 5.26 Å². The zero-order chi connectivity index (χ0) is 23.2. The fourth-order valence-corrected chi connectivity index (χ4v) is 7.07. The Hall–Kier alpha value is -3.18. The van der Waals surface area contributed by atoms with Gasteiger partial charge in [-0.05, 0) is 65.9 Å². The van der Waals surface area contributed by atoms with Crippen molar-refractivity contribution in [2.75, 3.05) is 18.5 Å². The van der Waals surface area contributed by atoms with Crippen LogP contribution >= 0.6 is 0 Å². The van der Waals surface area contributed by atoms with Gasteiger partial charge in [0.25, 0.3) is 0 Å². The number of rotatable bonds is 4. The number of nitrogens with zero attached hydrogens (tertiary/aromatic N) is 2. The number of aliphatic hydroxyl groups excluding tert-OH is 1. The van der Waals surface area contributed by atoms with Gasteiger partial charge in [0.15, 0.2) is 0 Å². The standard InChI is InChI=1S/C26H25N3O3S/c1-17-4-2-3-5-25(17)33(31,32)29-13-12-21-24(16-30)28-23-11-10-20(14-22(23)26(21)29)19-8-6-18(15-27)7-9-19/h2-11,14,21,24,26,28,30H,12-13,16H2,1H3/t21-,24-,26-/m1/s1. The van der Waals surface area contributed by atoms with E-state index in [9.17, 15) is 13.5 Å². The summed E-state index contributed by atoms with van der Waals surface area (Å²) in [6, 6.07) is 22.0. The molecule has 0 spiro atoms. The van der Waals surface area contributed by atoms with E-state index in [1.54, 1.807) is 28.6 Å². The Balaban J connectivity index is 1.61. The van der Waals surface area contributed by atoms with Gasteiger partial charge in [0.2, 0.25) is 10.0 Å². The lowest BCUT2D eigenvalue weighted by atomic mass is 9.82. The summed E-state index contributed by atoms with van der Waals surface area (Å²) < 4.78 is 29.1. The second-order valence-corrected chi connectivity index (χ2v) is 10.6. The minimum absolute atomic E-state index is 0.0301. The number of hydrogen-bond acceptors (Lipinski definition) is 5. The topological polar surface area (TPSA) is 93.4 Å². The van der Waals surface area contributed by atoms with E-state index in [-0.39, 0.29) is 24.6 Å². The van der Waals surface area contributed by atoms with E-state index in [0.717, 1.165) is 27.9 Å². The number of hydrogen-bond donors (Lipinski definition) is 2. The van der Waals surface area contributed by atoms with Gasteiger partial charge in [-0.3, -0.25) is 0 Å². The Labute approximate surface area is 194 Å². The molecule has 7 heteroatoms. The largest absolute Gasteiger partial charge is 0.394 e. The normalized spacial score (nSPS) is 22.2. The van der Waals surface area contributed by atoms with E-state index in [0.29, 0.717) is 23.4 Å². The monoisotopic (exact) mass is 459 g/mol. The van der Waals surface area contributed by atoms with Crippen LogP contribution in [0.2, 0.25) is 0 Å². The van der Waals surface area contributed by atoms with Crippen molar-refractivity contribution in [2.45, 2.75) is 30.3 Å². The minimum Gasteiger partial charge on any atom is -0.394 e. The third-order valence-corrected chi connectivity index (χ3v) is 8.89. The summed E-state index contributed by atoms with van der Waals surface area (Å²) in [4.78, 5) is 0.328. The van der Waals surface area contributed by atoms with Gasteiger partial charge < -0.3 is 10.4 Å². The van der Waals surface area contributed by atoms with Crippen LogP contribution in [0.4, 0.5) is 5.69 Å². The molecule has 5 rings (SSSR count). The van der Waals surface area contributed by atoms with Gasteiger partial charge in [-0.15, -0.1) is 0 Å². The number of aliphatic hydroxyl groups is 1. The first-order chi connectivity index (χ1) is 15.9. The van der Waals surface area contributed by atoms with Crippen LogP contribution in [0.3, 0.4) is 0 Å². The highest BCUT2D eigenvalue weighted by Crippen LogP contribution is 2.49. The Bertz CT molecular complexity index is 1350. The van der Waals surface area contributed by atoms with E-state index < -0.39 is 10.0 Å². The molecule has 1 saturated heterocycles. The molecule has 0 saturated carbocycles. The van der Waals surface area contributed by atoms with E-state index >= 15 is 0 Å². The molecule has 0 amide bonds. The van der Waals surface area contributed by atoms with Crippen LogP contribution in [0.1, 0.15) is 29.2 Å². The zero-order valence-corrected chi connectivity index (χ0v) is 19.1. The highest BCUT2D eigenvalue weighted by molar-refractivity contribution is 7.89. The second-order valence-electron chi connectivity index (χ2n) is 8.70. The molecule has 2 aliphatic heterocycles. The van der Waals surface area contributed by atoms with Gasteiger partial charge >= 0.3 is 0 Å². The van der Waals surface area contributed by atoms with E-state index in [2.05, 4.69) is 11.4 Å².